The van der Waals surface area contributed by atoms with Crippen molar-refractivity contribution in [2.75, 3.05) is 6.54 Å². The lowest BCUT2D eigenvalue weighted by Crippen LogP contribution is -2.41. The summed E-state index contributed by atoms with van der Waals surface area (Å²) in [5.74, 6) is -3.23. The second-order valence-electron chi connectivity index (χ2n) is 4.03. The smallest absolute Gasteiger partial charge is 0.326 e. The number of carbonyl (C=O) groups is 3. The maximum atomic E-state index is 11.7. The normalized spacial score (nSPS) is 21.8. The minimum absolute atomic E-state index is 0.140. The van der Waals surface area contributed by atoms with Crippen LogP contribution in [0.1, 0.15) is 26.2 Å². The van der Waals surface area contributed by atoms with Gasteiger partial charge in [-0.3, -0.25) is 9.59 Å². The first-order chi connectivity index (χ1) is 7.43. The van der Waals surface area contributed by atoms with Crippen molar-refractivity contribution in [1.82, 2.24) is 4.90 Å². The van der Waals surface area contributed by atoms with Crippen LogP contribution >= 0.6 is 0 Å². The van der Waals surface area contributed by atoms with Crippen LogP contribution in [-0.2, 0) is 14.4 Å². The van der Waals surface area contributed by atoms with Crippen LogP contribution in [0.25, 0.3) is 0 Å². The second kappa shape index (κ2) is 4.96. The van der Waals surface area contributed by atoms with Gasteiger partial charge in [-0.25, -0.2) is 4.79 Å². The van der Waals surface area contributed by atoms with Crippen molar-refractivity contribution in [3.05, 3.63) is 0 Å². The molecule has 6 nitrogen and oxygen atoms in total. The Morgan fingerprint density at radius 2 is 2.00 bits per heavy atom. The average Bonchev–Trinajstić information content (AvgIpc) is 2.65. The van der Waals surface area contributed by atoms with E-state index in [1.165, 1.54) is 11.8 Å². The van der Waals surface area contributed by atoms with E-state index in [1.54, 1.807) is 0 Å². The van der Waals surface area contributed by atoms with Gasteiger partial charge in [-0.1, -0.05) is 6.92 Å². The molecule has 0 radical (unpaired) electrons. The minimum atomic E-state index is -1.04. The molecule has 0 aromatic heterocycles. The fraction of sp³-hybridized carbons (Fsp3) is 0.700. The fourth-order valence-corrected chi connectivity index (χ4v) is 1.79. The number of aliphatic carboxylic acids is 2. The van der Waals surface area contributed by atoms with Gasteiger partial charge in [0.2, 0.25) is 5.91 Å². The number of carboxylic acid groups (broad SMARTS) is 2. The van der Waals surface area contributed by atoms with E-state index in [0.29, 0.717) is 19.4 Å². The molecule has 2 N–H and O–H groups in total. The molecule has 0 aromatic rings. The zero-order valence-electron chi connectivity index (χ0n) is 9.05. The van der Waals surface area contributed by atoms with Gasteiger partial charge >= 0.3 is 11.9 Å². The third-order valence-corrected chi connectivity index (χ3v) is 2.76. The molecule has 1 heterocycles. The third kappa shape index (κ3) is 2.71. The lowest BCUT2D eigenvalue weighted by atomic mass is 10.1. The minimum Gasteiger partial charge on any atom is -0.481 e. The van der Waals surface area contributed by atoms with E-state index in [2.05, 4.69) is 0 Å². The Morgan fingerprint density at radius 3 is 2.50 bits per heavy atom. The first kappa shape index (κ1) is 12.5. The van der Waals surface area contributed by atoms with E-state index >= 15 is 0 Å². The molecular formula is C10H15NO5. The molecule has 1 saturated heterocycles. The summed E-state index contributed by atoms with van der Waals surface area (Å²) in [5.41, 5.74) is 0. The molecule has 0 aliphatic carbocycles. The van der Waals surface area contributed by atoms with Crippen LogP contribution < -0.4 is 0 Å². The third-order valence-electron chi connectivity index (χ3n) is 2.76. The van der Waals surface area contributed by atoms with Crippen molar-refractivity contribution in [3.63, 3.8) is 0 Å². The topological polar surface area (TPSA) is 94.9 Å². The van der Waals surface area contributed by atoms with E-state index in [1.807, 2.05) is 0 Å². The van der Waals surface area contributed by atoms with E-state index in [4.69, 9.17) is 10.2 Å². The summed E-state index contributed by atoms with van der Waals surface area (Å²) < 4.78 is 0. The maximum absolute atomic E-state index is 11.7. The van der Waals surface area contributed by atoms with Crippen LogP contribution in [-0.4, -0.2) is 45.5 Å². The van der Waals surface area contributed by atoms with Gasteiger partial charge in [0.15, 0.2) is 0 Å². The molecule has 2 atom stereocenters. The van der Waals surface area contributed by atoms with Crippen LogP contribution in [0, 0.1) is 5.92 Å². The van der Waals surface area contributed by atoms with Gasteiger partial charge in [-0.15, -0.1) is 0 Å². The van der Waals surface area contributed by atoms with Crippen LogP contribution in [0.2, 0.25) is 0 Å². The summed E-state index contributed by atoms with van der Waals surface area (Å²) >= 11 is 0. The molecule has 90 valence electrons. The van der Waals surface area contributed by atoms with Crippen LogP contribution in [0.5, 0.6) is 0 Å². The van der Waals surface area contributed by atoms with Gasteiger partial charge in [-0.2, -0.15) is 0 Å². The zero-order chi connectivity index (χ0) is 12.3. The Morgan fingerprint density at radius 1 is 1.38 bits per heavy atom. The van der Waals surface area contributed by atoms with E-state index in [-0.39, 0.29) is 12.3 Å². The standard InChI is InChI=1S/C10H15NO5/c1-6(9(13)14)5-8(12)11-4-2-3-7(11)10(15)16/h6-7H,2-5H2,1H3,(H,13,14)(H,15,16)/t6-,7?/m1/s1. The molecule has 0 bridgehead atoms. The Balaban J connectivity index is 2.60. The highest BCUT2D eigenvalue weighted by Gasteiger charge is 2.34. The lowest BCUT2D eigenvalue weighted by Gasteiger charge is -2.22. The molecule has 1 rings (SSSR count). The van der Waals surface area contributed by atoms with E-state index in [9.17, 15) is 14.4 Å². The molecule has 1 amide bonds. The number of hydrogen-bond acceptors (Lipinski definition) is 3. The molecule has 1 unspecified atom stereocenters. The molecule has 0 spiro atoms. The Kier molecular flexibility index (Phi) is 3.87. The SMILES string of the molecule is C[C@H](CC(=O)N1CCCC1C(=O)O)C(=O)O. The number of carboxylic acids is 2. The van der Waals surface area contributed by atoms with Crippen LogP contribution in [0.4, 0.5) is 0 Å². The molecule has 1 fully saturated rings. The van der Waals surface area contributed by atoms with E-state index < -0.39 is 23.9 Å². The quantitative estimate of drug-likeness (QED) is 0.716. The Bertz CT molecular complexity index is 314. The molecule has 16 heavy (non-hydrogen) atoms. The highest BCUT2D eigenvalue weighted by Crippen LogP contribution is 2.19. The molecule has 1 aliphatic heterocycles. The van der Waals surface area contributed by atoms with Gasteiger partial charge in [0, 0.05) is 13.0 Å². The van der Waals surface area contributed by atoms with Crippen LogP contribution in [0.15, 0.2) is 0 Å². The van der Waals surface area contributed by atoms with E-state index in [0.717, 1.165) is 0 Å². The highest BCUT2D eigenvalue weighted by atomic mass is 16.4. The predicted molar refractivity (Wildman–Crippen MR) is 53.8 cm³/mol. The highest BCUT2D eigenvalue weighted by molar-refractivity contribution is 5.86. The predicted octanol–water partition coefficient (Wildman–Crippen LogP) is 0.173. The van der Waals surface area contributed by atoms with Gasteiger partial charge in [0.05, 0.1) is 5.92 Å². The Hall–Kier alpha value is -1.59. The van der Waals surface area contributed by atoms with Gasteiger partial charge in [0.25, 0.3) is 0 Å². The number of carbonyl (C=O) groups excluding carboxylic acids is 1. The Labute approximate surface area is 92.9 Å². The zero-order valence-corrected chi connectivity index (χ0v) is 9.05. The summed E-state index contributed by atoms with van der Waals surface area (Å²) in [6, 6.07) is -0.784. The van der Waals surface area contributed by atoms with Gasteiger partial charge < -0.3 is 15.1 Å². The average molecular weight is 229 g/mol. The summed E-state index contributed by atoms with van der Waals surface area (Å²) in [4.78, 5) is 34.3. The monoisotopic (exact) mass is 229 g/mol. The number of amides is 1. The molecule has 0 aromatic carbocycles. The van der Waals surface area contributed by atoms with Gasteiger partial charge in [0.1, 0.15) is 6.04 Å². The summed E-state index contributed by atoms with van der Waals surface area (Å²) in [6.07, 6.45) is 0.964. The molecule has 6 heteroatoms. The fourth-order valence-electron chi connectivity index (χ4n) is 1.79. The largest absolute Gasteiger partial charge is 0.481 e. The first-order valence-electron chi connectivity index (χ1n) is 5.18. The molecule has 0 saturated carbocycles. The number of nitrogens with zero attached hydrogens (tertiary/aromatic N) is 1. The summed E-state index contributed by atoms with van der Waals surface area (Å²) in [7, 11) is 0. The van der Waals surface area contributed by atoms with Crippen molar-refractivity contribution in [3.8, 4) is 0 Å². The number of rotatable bonds is 4. The first-order valence-corrected chi connectivity index (χ1v) is 5.18. The van der Waals surface area contributed by atoms with Crippen molar-refractivity contribution >= 4 is 17.8 Å². The number of hydrogen-bond donors (Lipinski definition) is 2. The van der Waals surface area contributed by atoms with Gasteiger partial charge in [-0.05, 0) is 12.8 Å². The maximum Gasteiger partial charge on any atom is 0.326 e. The van der Waals surface area contributed by atoms with Crippen molar-refractivity contribution in [2.24, 2.45) is 5.92 Å². The van der Waals surface area contributed by atoms with Crippen molar-refractivity contribution in [2.45, 2.75) is 32.2 Å². The summed E-state index contributed by atoms with van der Waals surface area (Å²) in [5, 5.41) is 17.5. The second-order valence-corrected chi connectivity index (χ2v) is 4.03. The molecule has 1 aliphatic rings. The lowest BCUT2D eigenvalue weighted by molar-refractivity contribution is -0.150. The molecular weight excluding hydrogens is 214 g/mol. The summed E-state index contributed by atoms with van der Waals surface area (Å²) in [6.45, 7) is 1.84. The van der Waals surface area contributed by atoms with Crippen molar-refractivity contribution in [1.29, 1.82) is 0 Å². The van der Waals surface area contributed by atoms with Crippen LogP contribution in [0.3, 0.4) is 0 Å². The number of likely N-dealkylation sites (tertiary alicyclic amines) is 1. The van der Waals surface area contributed by atoms with Crippen molar-refractivity contribution < 1.29 is 24.6 Å².